The van der Waals surface area contributed by atoms with Gasteiger partial charge in [-0.3, -0.25) is 10.0 Å². The van der Waals surface area contributed by atoms with Crippen molar-refractivity contribution >= 4 is 17.3 Å². The van der Waals surface area contributed by atoms with Gasteiger partial charge in [-0.1, -0.05) is 0 Å². The van der Waals surface area contributed by atoms with Crippen LogP contribution in [0.25, 0.3) is 0 Å². The number of anilines is 2. The van der Waals surface area contributed by atoms with Gasteiger partial charge in [-0.05, 0) is 30.7 Å². The van der Waals surface area contributed by atoms with Gasteiger partial charge in [0.25, 0.3) is 0 Å². The first-order chi connectivity index (χ1) is 8.56. The summed E-state index contributed by atoms with van der Waals surface area (Å²) in [6.45, 7) is 0.409. The van der Waals surface area contributed by atoms with Crippen molar-refractivity contribution in [2.45, 2.75) is 18.6 Å². The van der Waals surface area contributed by atoms with E-state index in [1.54, 1.807) is 0 Å². The van der Waals surface area contributed by atoms with Crippen LogP contribution in [0.3, 0.4) is 0 Å². The molecule has 1 heterocycles. The van der Waals surface area contributed by atoms with Crippen molar-refractivity contribution in [3.63, 3.8) is 0 Å². The Bertz CT molecular complexity index is 421. The highest BCUT2D eigenvalue weighted by Gasteiger charge is 2.27. The van der Waals surface area contributed by atoms with Gasteiger partial charge in [0.15, 0.2) is 0 Å². The average molecular weight is 252 g/mol. The maximum atomic E-state index is 11.8. The topological polar surface area (TPSA) is 108 Å². The van der Waals surface area contributed by atoms with Crippen molar-refractivity contribution in [3.8, 4) is 0 Å². The Hall–Kier alpha value is -1.67. The van der Waals surface area contributed by atoms with E-state index in [2.05, 4.69) is 10.6 Å². The summed E-state index contributed by atoms with van der Waals surface area (Å²) in [7, 11) is 0. The molecule has 7 heteroatoms. The third-order valence-corrected chi connectivity index (χ3v) is 2.78. The highest BCUT2D eigenvalue weighted by Crippen LogP contribution is 2.17. The average Bonchev–Trinajstić information content (AvgIpc) is 2.76. The van der Waals surface area contributed by atoms with Crippen LogP contribution in [0.1, 0.15) is 6.42 Å². The highest BCUT2D eigenvalue weighted by molar-refractivity contribution is 5.95. The SMILES string of the molecule is O=C(Nc1ccc(N([O-])O)cc1)C1CC(O)CN1. The minimum absolute atomic E-state index is 0.0856. The fourth-order valence-electron chi connectivity index (χ4n) is 1.82. The predicted molar refractivity (Wildman–Crippen MR) is 65.1 cm³/mol. The first-order valence-corrected chi connectivity index (χ1v) is 5.55. The Morgan fingerprint density at radius 2 is 2.11 bits per heavy atom. The number of hydrogen-bond acceptors (Lipinski definition) is 6. The van der Waals surface area contributed by atoms with Crippen molar-refractivity contribution in [1.29, 1.82) is 0 Å². The number of hydrogen-bond donors (Lipinski definition) is 4. The van der Waals surface area contributed by atoms with E-state index in [9.17, 15) is 15.1 Å². The molecule has 1 aliphatic rings. The zero-order valence-electron chi connectivity index (χ0n) is 9.54. The normalized spacial score (nSPS) is 22.8. The summed E-state index contributed by atoms with van der Waals surface area (Å²) in [6, 6.07) is 5.40. The predicted octanol–water partition coefficient (Wildman–Crippen LogP) is 0.0413. The molecule has 0 aromatic heterocycles. The van der Waals surface area contributed by atoms with Crippen molar-refractivity contribution in [3.05, 3.63) is 29.5 Å². The first-order valence-electron chi connectivity index (χ1n) is 5.55. The summed E-state index contributed by atoms with van der Waals surface area (Å²) in [4.78, 5) is 11.8. The quantitative estimate of drug-likeness (QED) is 0.566. The fraction of sp³-hybridized carbons (Fsp3) is 0.364. The molecule has 0 bridgehead atoms. The van der Waals surface area contributed by atoms with Gasteiger partial charge in [0.05, 0.1) is 17.8 Å². The molecule has 2 rings (SSSR count). The second-order valence-corrected chi connectivity index (χ2v) is 4.16. The van der Waals surface area contributed by atoms with E-state index in [1.165, 1.54) is 24.3 Å². The summed E-state index contributed by atoms with van der Waals surface area (Å²) in [5, 5.41) is 33.8. The molecule has 0 radical (unpaired) electrons. The molecule has 1 fully saturated rings. The van der Waals surface area contributed by atoms with Crippen LogP contribution in [0.15, 0.2) is 24.3 Å². The van der Waals surface area contributed by atoms with Gasteiger partial charge in [0.2, 0.25) is 5.91 Å². The number of carbonyl (C=O) groups excluding carboxylic acids is 1. The Morgan fingerprint density at radius 3 is 2.61 bits per heavy atom. The lowest BCUT2D eigenvalue weighted by atomic mass is 10.2. The fourth-order valence-corrected chi connectivity index (χ4v) is 1.82. The molecule has 2 atom stereocenters. The maximum Gasteiger partial charge on any atom is 0.241 e. The Balaban J connectivity index is 1.95. The molecule has 1 aromatic carbocycles. The van der Waals surface area contributed by atoms with Crippen LogP contribution in [0.4, 0.5) is 11.4 Å². The van der Waals surface area contributed by atoms with Crippen LogP contribution in [-0.2, 0) is 4.79 Å². The Labute approximate surface area is 104 Å². The molecule has 1 aromatic rings. The van der Waals surface area contributed by atoms with E-state index in [4.69, 9.17) is 5.21 Å². The highest BCUT2D eigenvalue weighted by atomic mass is 16.8. The Morgan fingerprint density at radius 1 is 1.44 bits per heavy atom. The molecule has 4 N–H and O–H groups in total. The van der Waals surface area contributed by atoms with Crippen LogP contribution < -0.4 is 15.9 Å². The number of carbonyl (C=O) groups is 1. The number of amides is 1. The molecule has 0 spiro atoms. The number of β-amino-alcohol motifs (C(OH)–C–C–N with tert-alkyl or cyclic N) is 1. The molecule has 0 aliphatic carbocycles. The molecular formula is C11H14N3O4-. The number of nitrogens with one attached hydrogen (secondary N) is 2. The van der Waals surface area contributed by atoms with Gasteiger partial charge in [-0.25, -0.2) is 0 Å². The lowest BCUT2D eigenvalue weighted by molar-refractivity contribution is -0.117. The van der Waals surface area contributed by atoms with Gasteiger partial charge < -0.3 is 26.2 Å². The van der Waals surface area contributed by atoms with Gasteiger partial charge in [0, 0.05) is 12.2 Å². The third kappa shape index (κ3) is 2.96. The van der Waals surface area contributed by atoms with E-state index < -0.39 is 12.1 Å². The third-order valence-electron chi connectivity index (χ3n) is 2.78. The van der Waals surface area contributed by atoms with Crippen LogP contribution in [0, 0.1) is 5.21 Å². The molecule has 1 saturated heterocycles. The van der Waals surface area contributed by atoms with Gasteiger partial charge in [0.1, 0.15) is 0 Å². The molecule has 2 unspecified atom stereocenters. The second-order valence-electron chi connectivity index (χ2n) is 4.16. The lowest BCUT2D eigenvalue weighted by Gasteiger charge is -2.21. The smallest absolute Gasteiger partial charge is 0.241 e. The van der Waals surface area contributed by atoms with E-state index in [0.717, 1.165) is 0 Å². The molecule has 98 valence electrons. The largest absolute Gasteiger partial charge is 0.733 e. The van der Waals surface area contributed by atoms with Crippen molar-refractivity contribution in [2.24, 2.45) is 0 Å². The molecule has 18 heavy (non-hydrogen) atoms. The number of aliphatic hydroxyl groups is 1. The first kappa shape index (κ1) is 12.8. The Kier molecular flexibility index (Phi) is 3.78. The van der Waals surface area contributed by atoms with E-state index in [0.29, 0.717) is 18.7 Å². The maximum absolute atomic E-state index is 11.8. The summed E-state index contributed by atoms with van der Waals surface area (Å²) in [6.07, 6.45) is -0.110. The summed E-state index contributed by atoms with van der Waals surface area (Å²) >= 11 is 0. The van der Waals surface area contributed by atoms with E-state index in [-0.39, 0.29) is 16.8 Å². The summed E-state index contributed by atoms with van der Waals surface area (Å²) in [5.74, 6) is -0.234. The van der Waals surface area contributed by atoms with E-state index in [1.807, 2.05) is 0 Å². The second kappa shape index (κ2) is 5.32. The van der Waals surface area contributed by atoms with Crippen molar-refractivity contribution < 1.29 is 15.1 Å². The number of benzene rings is 1. The minimum atomic E-state index is -0.494. The van der Waals surface area contributed by atoms with E-state index >= 15 is 0 Å². The van der Waals surface area contributed by atoms with Gasteiger partial charge in [-0.2, -0.15) is 0 Å². The molecular weight excluding hydrogens is 238 g/mol. The standard InChI is InChI=1S/C11H14N3O4/c15-9-5-10(12-6-9)11(16)13-7-1-3-8(4-2-7)14(17)18/h1-4,9-10,12,15,17H,5-6H2,(H,13,16)/q-1. The zero-order chi connectivity index (χ0) is 13.1. The summed E-state index contributed by atoms with van der Waals surface area (Å²) in [5.41, 5.74) is 0.608. The van der Waals surface area contributed by atoms with Gasteiger partial charge >= 0.3 is 0 Å². The number of nitrogens with zero attached hydrogens (tertiary/aromatic N) is 1. The lowest BCUT2D eigenvalue weighted by Crippen LogP contribution is -2.35. The van der Waals surface area contributed by atoms with Crippen molar-refractivity contribution in [1.82, 2.24) is 5.32 Å². The van der Waals surface area contributed by atoms with Crippen LogP contribution in [0.2, 0.25) is 0 Å². The molecule has 1 aliphatic heterocycles. The molecule has 1 amide bonds. The van der Waals surface area contributed by atoms with Crippen molar-refractivity contribution in [2.75, 3.05) is 17.1 Å². The van der Waals surface area contributed by atoms with Gasteiger partial charge in [-0.15, -0.1) is 0 Å². The van der Waals surface area contributed by atoms with Crippen LogP contribution >= 0.6 is 0 Å². The van der Waals surface area contributed by atoms with Crippen LogP contribution in [0.5, 0.6) is 0 Å². The zero-order valence-corrected chi connectivity index (χ0v) is 9.54. The van der Waals surface area contributed by atoms with Crippen LogP contribution in [-0.4, -0.2) is 34.9 Å². The minimum Gasteiger partial charge on any atom is -0.733 e. The molecule has 7 nitrogen and oxygen atoms in total. The number of rotatable bonds is 3. The number of aliphatic hydroxyl groups excluding tert-OH is 1. The summed E-state index contributed by atoms with van der Waals surface area (Å²) < 4.78 is 0. The monoisotopic (exact) mass is 252 g/mol. The molecule has 0 saturated carbocycles.